The van der Waals surface area contributed by atoms with E-state index >= 15 is 0 Å². The molecule has 1 atom stereocenters. The summed E-state index contributed by atoms with van der Waals surface area (Å²) in [5.74, 6) is 1.92. The van der Waals surface area contributed by atoms with Gasteiger partial charge in [0.05, 0.1) is 19.8 Å². The molecule has 1 N–H and O–H groups in total. The summed E-state index contributed by atoms with van der Waals surface area (Å²) in [7, 11) is 1.66. The molecule has 1 aliphatic rings. The second-order valence-corrected chi connectivity index (χ2v) is 7.97. The number of benzene rings is 1. The summed E-state index contributed by atoms with van der Waals surface area (Å²) in [5.41, 5.74) is 5.46. The van der Waals surface area contributed by atoms with Crippen molar-refractivity contribution < 1.29 is 24.1 Å². The van der Waals surface area contributed by atoms with Crippen LogP contribution >= 0.6 is 0 Å². The molecule has 1 aliphatic heterocycles. The Morgan fingerprint density at radius 3 is 2.61 bits per heavy atom. The van der Waals surface area contributed by atoms with Gasteiger partial charge in [0.1, 0.15) is 17.1 Å². The molecule has 0 spiro atoms. The lowest BCUT2D eigenvalue weighted by molar-refractivity contribution is -0.00936. The fourth-order valence-corrected chi connectivity index (χ4v) is 3.66. The van der Waals surface area contributed by atoms with E-state index in [1.165, 1.54) is 5.56 Å². The number of aliphatic hydroxyl groups is 1. The van der Waals surface area contributed by atoms with Gasteiger partial charge in [0, 0.05) is 12.7 Å². The van der Waals surface area contributed by atoms with Crippen LogP contribution in [-0.4, -0.2) is 44.4 Å². The molecule has 28 heavy (non-hydrogen) atoms. The second kappa shape index (κ2) is 10.3. The smallest absolute Gasteiger partial charge is 0.189 e. The molecule has 158 valence electrons. The first-order valence-corrected chi connectivity index (χ1v) is 10.1. The maximum atomic E-state index is 9.17. The Kier molecular flexibility index (Phi) is 8.35. The van der Waals surface area contributed by atoms with E-state index in [0.717, 1.165) is 59.4 Å². The van der Waals surface area contributed by atoms with E-state index < -0.39 is 0 Å². The summed E-state index contributed by atoms with van der Waals surface area (Å²) in [4.78, 5) is 0. The average Bonchev–Trinajstić information content (AvgIpc) is 2.68. The third kappa shape index (κ3) is 5.49. The number of fused-ring (bicyclic) bond motifs is 1. The number of hydrogen-bond acceptors (Lipinski definition) is 5. The van der Waals surface area contributed by atoms with Gasteiger partial charge in [0.25, 0.3) is 0 Å². The Labute approximate surface area is 169 Å². The fourth-order valence-electron chi connectivity index (χ4n) is 3.66. The molecule has 0 fully saturated rings. The maximum Gasteiger partial charge on any atom is 0.189 e. The molecule has 5 heteroatoms. The zero-order valence-electron chi connectivity index (χ0n) is 18.3. The molecule has 0 saturated carbocycles. The van der Waals surface area contributed by atoms with Gasteiger partial charge >= 0.3 is 0 Å². The van der Waals surface area contributed by atoms with Crippen molar-refractivity contribution >= 4 is 0 Å². The topological polar surface area (TPSA) is 57.2 Å². The van der Waals surface area contributed by atoms with Crippen LogP contribution in [0.1, 0.15) is 55.4 Å². The summed E-state index contributed by atoms with van der Waals surface area (Å²) in [6, 6.07) is 0. The van der Waals surface area contributed by atoms with Crippen molar-refractivity contribution in [3.8, 4) is 11.5 Å². The minimum Gasteiger partial charge on any atom is -0.487 e. The molecule has 1 unspecified atom stereocenters. The predicted molar refractivity (Wildman–Crippen MR) is 111 cm³/mol. The third-order valence-electron chi connectivity index (χ3n) is 5.70. The van der Waals surface area contributed by atoms with Crippen molar-refractivity contribution in [2.24, 2.45) is 0 Å². The monoisotopic (exact) mass is 392 g/mol. The number of hydrogen-bond donors (Lipinski definition) is 1. The van der Waals surface area contributed by atoms with Crippen LogP contribution in [0.15, 0.2) is 11.6 Å². The molecule has 0 aliphatic carbocycles. The number of rotatable bonds is 10. The molecule has 0 aromatic heterocycles. The van der Waals surface area contributed by atoms with Gasteiger partial charge in [-0.3, -0.25) is 0 Å². The molecule has 0 saturated heterocycles. The molecule has 5 nitrogen and oxygen atoms in total. The number of ether oxygens (including phenoxy) is 4. The summed E-state index contributed by atoms with van der Waals surface area (Å²) >= 11 is 0. The Bertz CT molecular complexity index is 695. The highest BCUT2D eigenvalue weighted by atomic mass is 16.7. The van der Waals surface area contributed by atoms with E-state index in [1.807, 2.05) is 6.92 Å². The van der Waals surface area contributed by atoms with Crippen molar-refractivity contribution in [1.29, 1.82) is 0 Å². The first-order valence-electron chi connectivity index (χ1n) is 10.1. The van der Waals surface area contributed by atoms with Crippen LogP contribution in [0.25, 0.3) is 0 Å². The lowest BCUT2D eigenvalue weighted by atomic mass is 9.85. The normalized spacial score (nSPS) is 19.3. The van der Waals surface area contributed by atoms with Gasteiger partial charge in [-0.05, 0) is 77.0 Å². The first-order chi connectivity index (χ1) is 13.3. The highest BCUT2D eigenvalue weighted by Crippen LogP contribution is 2.44. The average molecular weight is 393 g/mol. The fraction of sp³-hybridized carbons (Fsp3) is 0.652. The van der Waals surface area contributed by atoms with Crippen molar-refractivity contribution in [3.05, 3.63) is 33.9 Å². The minimum absolute atomic E-state index is 0.121. The van der Waals surface area contributed by atoms with Gasteiger partial charge < -0.3 is 24.1 Å². The summed E-state index contributed by atoms with van der Waals surface area (Å²) in [6.07, 6.45) is 5.90. The third-order valence-corrected chi connectivity index (χ3v) is 5.70. The molecule has 0 bridgehead atoms. The van der Waals surface area contributed by atoms with E-state index in [0.29, 0.717) is 13.2 Å². The molecule has 1 aromatic carbocycles. The van der Waals surface area contributed by atoms with Gasteiger partial charge in [-0.1, -0.05) is 11.6 Å². The summed E-state index contributed by atoms with van der Waals surface area (Å²) < 4.78 is 23.0. The van der Waals surface area contributed by atoms with Gasteiger partial charge in [0.15, 0.2) is 6.79 Å². The standard InChI is InChI=1S/C23H36O5/c1-16(14-24)8-7-10-23(5)11-9-20-19(4)21(27-15-26-13-12-25-6)17(2)18(3)22(20)28-23/h8,24H,7,9-15H2,1-6H3/b16-8+. The Morgan fingerprint density at radius 1 is 1.18 bits per heavy atom. The Morgan fingerprint density at radius 2 is 1.93 bits per heavy atom. The van der Waals surface area contributed by atoms with Crippen LogP contribution < -0.4 is 9.47 Å². The molecule has 0 radical (unpaired) electrons. The molecule has 2 rings (SSSR count). The molecule has 0 amide bonds. The Hall–Kier alpha value is -1.56. The quantitative estimate of drug-likeness (QED) is 0.363. The zero-order chi connectivity index (χ0) is 20.7. The van der Waals surface area contributed by atoms with E-state index in [2.05, 4.69) is 33.8 Å². The van der Waals surface area contributed by atoms with Crippen LogP contribution in [0.4, 0.5) is 0 Å². The van der Waals surface area contributed by atoms with Gasteiger partial charge in [0.2, 0.25) is 0 Å². The number of allylic oxidation sites excluding steroid dienone is 1. The van der Waals surface area contributed by atoms with Gasteiger partial charge in [-0.15, -0.1) is 0 Å². The van der Waals surface area contributed by atoms with Crippen molar-refractivity contribution in [2.75, 3.05) is 33.7 Å². The van der Waals surface area contributed by atoms with Crippen LogP contribution in [-0.2, 0) is 15.9 Å². The Balaban J connectivity index is 2.14. The highest BCUT2D eigenvalue weighted by molar-refractivity contribution is 5.59. The highest BCUT2D eigenvalue weighted by Gasteiger charge is 2.34. The van der Waals surface area contributed by atoms with Crippen LogP contribution in [0.2, 0.25) is 0 Å². The lowest BCUT2D eigenvalue weighted by Crippen LogP contribution is -2.37. The van der Waals surface area contributed by atoms with Crippen molar-refractivity contribution in [3.63, 3.8) is 0 Å². The SMILES string of the molecule is COCCOCOc1c(C)c(C)c2c(c1C)CCC(C)(CC/C=C(\C)CO)O2. The minimum atomic E-state index is -0.186. The molecular weight excluding hydrogens is 356 g/mol. The first kappa shape index (κ1) is 22.7. The molecule has 1 aromatic rings. The van der Waals surface area contributed by atoms with Crippen LogP contribution in [0, 0.1) is 20.8 Å². The van der Waals surface area contributed by atoms with Gasteiger partial charge in [-0.2, -0.15) is 0 Å². The van der Waals surface area contributed by atoms with E-state index in [-0.39, 0.29) is 19.0 Å². The van der Waals surface area contributed by atoms with Crippen LogP contribution in [0.3, 0.4) is 0 Å². The molecular formula is C23H36O5. The van der Waals surface area contributed by atoms with Crippen LogP contribution in [0.5, 0.6) is 11.5 Å². The van der Waals surface area contributed by atoms with E-state index in [1.54, 1.807) is 7.11 Å². The predicted octanol–water partition coefficient (Wildman–Crippen LogP) is 4.41. The van der Waals surface area contributed by atoms with E-state index in [4.69, 9.17) is 24.1 Å². The lowest BCUT2D eigenvalue weighted by Gasteiger charge is -2.38. The maximum absolute atomic E-state index is 9.17. The van der Waals surface area contributed by atoms with E-state index in [9.17, 15) is 0 Å². The second-order valence-electron chi connectivity index (χ2n) is 7.97. The van der Waals surface area contributed by atoms with Gasteiger partial charge in [-0.25, -0.2) is 0 Å². The number of methoxy groups -OCH3 is 1. The largest absolute Gasteiger partial charge is 0.487 e. The zero-order valence-corrected chi connectivity index (χ0v) is 18.3. The number of aliphatic hydroxyl groups excluding tert-OH is 1. The van der Waals surface area contributed by atoms with Crippen molar-refractivity contribution in [2.45, 2.75) is 65.9 Å². The van der Waals surface area contributed by atoms with Crippen molar-refractivity contribution in [1.82, 2.24) is 0 Å². The summed E-state index contributed by atoms with van der Waals surface area (Å²) in [5, 5.41) is 9.17. The summed E-state index contributed by atoms with van der Waals surface area (Å²) in [6.45, 7) is 11.9. The molecule has 1 heterocycles.